The molecule has 38 heteroatoms. The first-order valence-corrected chi connectivity index (χ1v) is 35.9. The molecular formula is C65H91N13O23S2. The number of aromatic amines is 1. The van der Waals surface area contributed by atoms with Gasteiger partial charge in [-0.1, -0.05) is 18.2 Å². The first-order chi connectivity index (χ1) is 49.0. The third kappa shape index (κ3) is 29.9. The molecule has 3 heterocycles. The van der Waals surface area contributed by atoms with Crippen molar-refractivity contribution in [1.82, 2.24) is 60.1 Å². The first-order valence-electron chi connectivity index (χ1n) is 33.0. The summed E-state index contributed by atoms with van der Waals surface area (Å²) in [5.74, 6) is -6.50. The van der Waals surface area contributed by atoms with Gasteiger partial charge in [0.15, 0.2) is 5.95 Å². The summed E-state index contributed by atoms with van der Waals surface area (Å²) in [6.45, 7) is 4.92. The summed E-state index contributed by atoms with van der Waals surface area (Å²) >= 11 is 0. The Morgan fingerprint density at radius 2 is 1.16 bits per heavy atom. The van der Waals surface area contributed by atoms with Crippen LogP contribution < -0.4 is 45.7 Å². The topological polar surface area (TPSA) is 488 Å². The summed E-state index contributed by atoms with van der Waals surface area (Å²) in [7, 11) is -7.66. The van der Waals surface area contributed by atoms with E-state index < -0.39 is 86.1 Å². The van der Waals surface area contributed by atoms with Crippen LogP contribution in [0.2, 0.25) is 0 Å². The smallest absolute Gasteiger partial charge is 0.446 e. The fourth-order valence-corrected chi connectivity index (χ4v) is 12.9. The van der Waals surface area contributed by atoms with Crippen LogP contribution in [-0.4, -0.2) is 280 Å². The number of carbonyl (C=O) groups excluding carboxylic acids is 4. The van der Waals surface area contributed by atoms with Crippen molar-refractivity contribution in [1.29, 1.82) is 0 Å². The van der Waals surface area contributed by atoms with Gasteiger partial charge < -0.3 is 79.7 Å². The minimum atomic E-state index is -4.82. The molecular weight excluding hydrogens is 1390 g/mol. The van der Waals surface area contributed by atoms with Gasteiger partial charge in [0.05, 0.1) is 69.6 Å². The average Bonchev–Trinajstić information content (AvgIpc) is 0.983. The van der Waals surface area contributed by atoms with E-state index in [1.807, 2.05) is 0 Å². The number of hydrogen-bond donors (Lipinski definition) is 12. The maximum atomic E-state index is 13.8. The third-order valence-electron chi connectivity index (χ3n) is 15.9. The van der Waals surface area contributed by atoms with E-state index in [9.17, 15) is 80.4 Å². The normalized spacial score (nSPS) is 14.5. The molecule has 2 aromatic heterocycles. The fourth-order valence-electron chi connectivity index (χ4n) is 10.9. The van der Waals surface area contributed by atoms with Crippen LogP contribution in [-0.2, 0) is 88.2 Å². The maximum Gasteiger partial charge on any atom is 0.446 e. The van der Waals surface area contributed by atoms with Gasteiger partial charge in [0.25, 0.3) is 5.91 Å². The van der Waals surface area contributed by atoms with E-state index >= 15 is 0 Å². The number of rotatable bonds is 43. The molecule has 1 saturated heterocycles. The Morgan fingerprint density at radius 3 is 1.68 bits per heavy atom. The summed E-state index contributed by atoms with van der Waals surface area (Å²) in [5, 5.41) is 52.8. The number of aryl methyl sites for hydroxylation is 3. The third-order valence-corrected chi connectivity index (χ3v) is 18.1. The zero-order valence-corrected chi connectivity index (χ0v) is 59.1. The number of carboxylic acids is 4. The number of pyridine rings is 1. The highest BCUT2D eigenvalue weighted by molar-refractivity contribution is 7.89. The molecule has 1 fully saturated rings. The first kappa shape index (κ1) is 82.7. The Bertz CT molecular complexity index is 3900. The van der Waals surface area contributed by atoms with Crippen LogP contribution in [0.1, 0.15) is 58.3 Å². The lowest BCUT2D eigenvalue weighted by Gasteiger charge is -2.33. The second-order valence-electron chi connectivity index (χ2n) is 24.1. The summed E-state index contributed by atoms with van der Waals surface area (Å²) in [6.07, 6.45) is 5.89. The van der Waals surface area contributed by atoms with Gasteiger partial charge in [0.2, 0.25) is 33.2 Å². The number of fused-ring (bicyclic) bond motifs is 1. The average molecular weight is 1490 g/mol. The molecule has 6 rings (SSSR count). The summed E-state index contributed by atoms with van der Waals surface area (Å²) in [6, 6.07) is 10.4. The fraction of sp³-hybridized carbons (Fsp3) is 0.508. The van der Waals surface area contributed by atoms with Crippen molar-refractivity contribution in [3.05, 3.63) is 111 Å². The number of carbonyl (C=O) groups is 8. The Morgan fingerprint density at radius 1 is 0.621 bits per heavy atom. The van der Waals surface area contributed by atoms with E-state index in [1.54, 1.807) is 61.8 Å². The molecule has 0 spiro atoms. The Kier molecular flexibility index (Phi) is 33.6. The minimum absolute atomic E-state index is 0.0709. The van der Waals surface area contributed by atoms with Crippen LogP contribution in [0.5, 0.6) is 11.5 Å². The largest absolute Gasteiger partial charge is 0.494 e. The molecule has 2 unspecified atom stereocenters. The minimum Gasteiger partial charge on any atom is -0.494 e. The maximum absolute atomic E-state index is 13.8. The Labute approximate surface area is 594 Å². The van der Waals surface area contributed by atoms with Crippen molar-refractivity contribution in [2.45, 2.75) is 69.5 Å². The van der Waals surface area contributed by atoms with Crippen LogP contribution in [0.15, 0.2) is 82.9 Å². The summed E-state index contributed by atoms with van der Waals surface area (Å²) in [5.41, 5.74) is 1.47. The standard InChI is InChI=1S/C65H91N13O23S2/c1-44-33-49(34-45(2)61(44)102(92,93)73-53(64(90)91)38-70-62(88)51-39-74(3)54-36-47(10-13-50(54)60(51)87)37-71-65-68-16-17-69-65)100-28-4-7-55(79)66-14-5-26-97-29-31-99-32-30-98-27-6-15-67-63(89)52(35-46-8-11-48(12-9-46)101-103(94,95)96)72-56(80)40-75-18-20-76(41-57(81)82)22-24-78(43-59(85)86)25-23-77(21-19-75)42-58(83)84/h8-13,16-17,33-34,36,39,52-53,73H,4-7,14-15,18-32,35,37-38,40-43H2,1-3H3,(H,66,79)(H,67,89)(H,70,88)(H,72,80)(H,81,82)(H,83,84)(H,85,86)(H,90,91)(H2,68,69,71)(H,94,95,96). The van der Waals surface area contributed by atoms with E-state index in [1.165, 1.54) is 56.4 Å². The second kappa shape index (κ2) is 41.8. The van der Waals surface area contributed by atoms with E-state index in [4.69, 9.17) is 23.5 Å². The Hall–Kier alpha value is -9.22. The highest BCUT2D eigenvalue weighted by Crippen LogP contribution is 2.27. The number of amides is 4. The number of H-pyrrole nitrogens is 1. The Balaban J connectivity index is 0.840. The molecule has 0 saturated carbocycles. The molecule has 0 bridgehead atoms. The van der Waals surface area contributed by atoms with Gasteiger partial charge in [-0.2, -0.15) is 13.1 Å². The van der Waals surface area contributed by atoms with Crippen LogP contribution in [0.4, 0.5) is 5.95 Å². The molecule has 12 N–H and O–H groups in total. The lowest BCUT2D eigenvalue weighted by Crippen LogP contribution is -2.53. The molecule has 0 aliphatic carbocycles. The highest BCUT2D eigenvalue weighted by Gasteiger charge is 2.31. The van der Waals surface area contributed by atoms with Crippen LogP contribution in [0.25, 0.3) is 10.9 Å². The number of anilines is 1. The van der Waals surface area contributed by atoms with Crippen molar-refractivity contribution in [3.63, 3.8) is 0 Å². The van der Waals surface area contributed by atoms with Crippen molar-refractivity contribution < 1.29 is 103 Å². The lowest BCUT2D eigenvalue weighted by molar-refractivity contribution is -0.140. The number of carboxylic acid groups (broad SMARTS) is 4. The zero-order valence-electron chi connectivity index (χ0n) is 57.5. The summed E-state index contributed by atoms with van der Waals surface area (Å²) in [4.78, 5) is 128. The van der Waals surface area contributed by atoms with E-state index in [2.05, 4.69) is 45.5 Å². The van der Waals surface area contributed by atoms with Crippen molar-refractivity contribution in [2.24, 2.45) is 7.05 Å². The summed E-state index contributed by atoms with van der Waals surface area (Å²) < 4.78 is 89.9. The van der Waals surface area contributed by atoms with Gasteiger partial charge in [-0.3, -0.25) is 67.3 Å². The lowest BCUT2D eigenvalue weighted by atomic mass is 10.0. The number of sulfonamides is 1. The van der Waals surface area contributed by atoms with Gasteiger partial charge in [0, 0.05) is 136 Å². The molecule has 103 heavy (non-hydrogen) atoms. The SMILES string of the molecule is Cc1cc(OCCCC(=O)NCCCOCCOCCOCCCNC(=O)C(Cc2ccc(OS(=O)(=O)O)cc2)NC(=O)CN2CCN(CC(=O)O)CCN(CC(=O)O)CCN(CC(=O)O)CC2)cc(C)c1S(=O)(=O)NC(CNC(=O)c1cn(C)c2cc(CNc3ncc[nH]3)ccc2c1=O)C(=O)O. The number of benzene rings is 3. The van der Waals surface area contributed by atoms with E-state index in [0.29, 0.717) is 61.7 Å². The number of nitrogens with one attached hydrogen (secondary N) is 7. The van der Waals surface area contributed by atoms with Crippen molar-refractivity contribution in [3.8, 4) is 11.5 Å². The van der Waals surface area contributed by atoms with Crippen LogP contribution in [0.3, 0.4) is 0 Å². The molecule has 3 aromatic carbocycles. The van der Waals surface area contributed by atoms with Gasteiger partial charge in [-0.15, -0.1) is 0 Å². The second-order valence-corrected chi connectivity index (χ2v) is 26.8. The number of hydrogen-bond acceptors (Lipinski definition) is 24. The van der Waals surface area contributed by atoms with Crippen molar-refractivity contribution >= 4 is 84.8 Å². The molecule has 2 atom stereocenters. The quantitative estimate of drug-likeness (QED) is 0.0169. The monoisotopic (exact) mass is 1490 g/mol. The number of ether oxygens (including phenoxy) is 4. The number of nitrogens with zero attached hydrogens (tertiary/aromatic N) is 6. The number of aliphatic carboxylic acids is 4. The van der Waals surface area contributed by atoms with Crippen LogP contribution >= 0.6 is 0 Å². The molecule has 36 nitrogen and oxygen atoms in total. The molecule has 1 aliphatic heterocycles. The predicted octanol–water partition coefficient (Wildman–Crippen LogP) is -0.742. The molecule has 0 radical (unpaired) electrons. The zero-order chi connectivity index (χ0) is 75.1. The molecule has 4 amide bonds. The van der Waals surface area contributed by atoms with Gasteiger partial charge in [-0.25, -0.2) is 13.4 Å². The number of imidazole rings is 1. The van der Waals surface area contributed by atoms with E-state index in [-0.39, 0.29) is 176 Å². The molecule has 5 aromatic rings. The molecule has 1 aliphatic rings. The predicted molar refractivity (Wildman–Crippen MR) is 370 cm³/mol. The molecule has 566 valence electrons. The number of aromatic nitrogens is 3. The van der Waals surface area contributed by atoms with Gasteiger partial charge in [0.1, 0.15) is 29.1 Å². The highest BCUT2D eigenvalue weighted by atomic mass is 32.3. The van der Waals surface area contributed by atoms with E-state index in [0.717, 1.165) is 5.56 Å². The van der Waals surface area contributed by atoms with Gasteiger partial charge in [-0.05, 0) is 91.8 Å². The van der Waals surface area contributed by atoms with Crippen molar-refractivity contribution in [2.75, 3.05) is 150 Å². The van der Waals surface area contributed by atoms with Crippen LogP contribution in [0, 0.1) is 13.8 Å². The van der Waals surface area contributed by atoms with Gasteiger partial charge >= 0.3 is 34.3 Å².